The van der Waals surface area contributed by atoms with Gasteiger partial charge >= 0.3 is 0 Å². The van der Waals surface area contributed by atoms with Gasteiger partial charge in [0.05, 0.1) is 20.8 Å². The Hall–Kier alpha value is -2.16. The van der Waals surface area contributed by atoms with Crippen LogP contribution in [0.25, 0.3) is 0 Å². The van der Waals surface area contributed by atoms with Gasteiger partial charge in [-0.25, -0.2) is 0 Å². The SMILES string of the molecule is CCNC(=NCCCOc1ccccc1)Nc1ccc(OC)c(OC)c1.I. The number of anilines is 1. The van der Waals surface area contributed by atoms with Crippen LogP contribution in [0.1, 0.15) is 13.3 Å². The molecule has 0 atom stereocenters. The molecule has 27 heavy (non-hydrogen) atoms. The number of hydrogen-bond donors (Lipinski definition) is 2. The molecule has 6 nitrogen and oxygen atoms in total. The van der Waals surface area contributed by atoms with Gasteiger partial charge in [0.15, 0.2) is 17.5 Å². The van der Waals surface area contributed by atoms with Gasteiger partial charge in [-0.15, -0.1) is 24.0 Å². The van der Waals surface area contributed by atoms with E-state index in [1.807, 2.05) is 55.5 Å². The molecule has 0 radical (unpaired) electrons. The van der Waals surface area contributed by atoms with Crippen LogP contribution in [0, 0.1) is 0 Å². The second-order valence-corrected chi connectivity index (χ2v) is 5.47. The molecule has 2 rings (SSSR count). The molecular weight excluding hydrogens is 457 g/mol. The Morgan fingerprint density at radius 1 is 1.00 bits per heavy atom. The Morgan fingerprint density at radius 3 is 2.41 bits per heavy atom. The van der Waals surface area contributed by atoms with E-state index >= 15 is 0 Å². The monoisotopic (exact) mass is 485 g/mol. The van der Waals surface area contributed by atoms with Crippen molar-refractivity contribution in [2.75, 3.05) is 39.2 Å². The number of nitrogens with zero attached hydrogens (tertiary/aromatic N) is 1. The minimum absolute atomic E-state index is 0. The molecule has 0 fully saturated rings. The van der Waals surface area contributed by atoms with Crippen molar-refractivity contribution < 1.29 is 14.2 Å². The maximum atomic E-state index is 5.68. The summed E-state index contributed by atoms with van der Waals surface area (Å²) in [5.41, 5.74) is 0.878. The van der Waals surface area contributed by atoms with E-state index in [2.05, 4.69) is 15.6 Å². The first kappa shape index (κ1) is 22.9. The summed E-state index contributed by atoms with van der Waals surface area (Å²) in [6, 6.07) is 15.5. The molecule has 0 aliphatic carbocycles. The topological polar surface area (TPSA) is 64.1 Å². The fourth-order valence-corrected chi connectivity index (χ4v) is 2.32. The summed E-state index contributed by atoms with van der Waals surface area (Å²) in [6.07, 6.45) is 0.831. The highest BCUT2D eigenvalue weighted by Gasteiger charge is 2.06. The normalized spacial score (nSPS) is 10.6. The predicted molar refractivity (Wildman–Crippen MR) is 121 cm³/mol. The van der Waals surface area contributed by atoms with Crippen molar-refractivity contribution in [1.82, 2.24) is 5.32 Å². The fourth-order valence-electron chi connectivity index (χ4n) is 2.32. The van der Waals surface area contributed by atoms with Crippen LogP contribution in [0.3, 0.4) is 0 Å². The summed E-state index contributed by atoms with van der Waals surface area (Å²) in [5.74, 6) is 2.97. The van der Waals surface area contributed by atoms with Crippen LogP contribution in [-0.4, -0.2) is 39.9 Å². The predicted octanol–water partition coefficient (Wildman–Crippen LogP) is 4.17. The van der Waals surface area contributed by atoms with Crippen molar-refractivity contribution in [3.63, 3.8) is 0 Å². The number of benzene rings is 2. The van der Waals surface area contributed by atoms with Gasteiger partial charge in [0.1, 0.15) is 5.75 Å². The first-order chi connectivity index (χ1) is 12.8. The molecule has 2 aromatic rings. The quantitative estimate of drug-likeness (QED) is 0.242. The lowest BCUT2D eigenvalue weighted by Crippen LogP contribution is -2.30. The molecule has 0 amide bonds. The van der Waals surface area contributed by atoms with Crippen molar-refractivity contribution >= 4 is 35.6 Å². The van der Waals surface area contributed by atoms with Gasteiger partial charge in [-0.2, -0.15) is 0 Å². The Labute approximate surface area is 178 Å². The Bertz CT molecular complexity index is 696. The molecule has 7 heteroatoms. The summed E-state index contributed by atoms with van der Waals surface area (Å²) in [5, 5.41) is 6.51. The summed E-state index contributed by atoms with van der Waals surface area (Å²) in [6.45, 7) is 4.10. The fraction of sp³-hybridized carbons (Fsp3) is 0.350. The molecule has 0 saturated heterocycles. The third-order valence-corrected chi connectivity index (χ3v) is 3.57. The summed E-state index contributed by atoms with van der Waals surface area (Å²) in [7, 11) is 3.24. The number of ether oxygens (including phenoxy) is 3. The van der Waals surface area contributed by atoms with Crippen molar-refractivity contribution in [3.05, 3.63) is 48.5 Å². The number of rotatable bonds is 9. The average molecular weight is 485 g/mol. The molecule has 0 aliphatic heterocycles. The molecule has 2 N–H and O–H groups in total. The molecule has 0 heterocycles. The Morgan fingerprint density at radius 2 is 1.74 bits per heavy atom. The third-order valence-electron chi connectivity index (χ3n) is 3.57. The van der Waals surface area contributed by atoms with Crippen LogP contribution in [0.2, 0.25) is 0 Å². The van der Waals surface area contributed by atoms with E-state index in [9.17, 15) is 0 Å². The maximum Gasteiger partial charge on any atom is 0.195 e. The maximum absolute atomic E-state index is 5.68. The lowest BCUT2D eigenvalue weighted by molar-refractivity contribution is 0.313. The minimum atomic E-state index is 0. The number of hydrogen-bond acceptors (Lipinski definition) is 4. The molecular formula is C20H28IN3O3. The molecule has 0 spiro atoms. The standard InChI is InChI=1S/C20H27N3O3.HI/c1-4-21-20(22-13-8-14-26-17-9-6-5-7-10-17)23-16-11-12-18(24-2)19(15-16)25-3;/h5-7,9-12,15H,4,8,13-14H2,1-3H3,(H2,21,22,23);1H. The van der Waals surface area contributed by atoms with Crippen molar-refractivity contribution in [1.29, 1.82) is 0 Å². The summed E-state index contributed by atoms with van der Waals surface area (Å²) in [4.78, 5) is 4.58. The number of nitrogens with one attached hydrogen (secondary N) is 2. The molecule has 2 aromatic carbocycles. The third kappa shape index (κ3) is 7.94. The smallest absolute Gasteiger partial charge is 0.195 e. The van der Waals surface area contributed by atoms with E-state index in [1.54, 1.807) is 14.2 Å². The second kappa shape index (κ2) is 13.1. The van der Waals surface area contributed by atoms with E-state index in [0.717, 1.165) is 30.4 Å². The zero-order valence-corrected chi connectivity index (χ0v) is 18.4. The molecule has 0 bridgehead atoms. The minimum Gasteiger partial charge on any atom is -0.494 e. The van der Waals surface area contributed by atoms with Crippen molar-refractivity contribution in [3.8, 4) is 17.2 Å². The highest BCUT2D eigenvalue weighted by molar-refractivity contribution is 14.0. The number of halogens is 1. The lowest BCUT2D eigenvalue weighted by Gasteiger charge is -2.14. The van der Waals surface area contributed by atoms with Crippen LogP contribution < -0.4 is 24.8 Å². The average Bonchev–Trinajstić information content (AvgIpc) is 2.68. The molecule has 0 aliphatic rings. The largest absolute Gasteiger partial charge is 0.494 e. The molecule has 148 valence electrons. The van der Waals surface area contributed by atoms with Gasteiger partial charge < -0.3 is 24.8 Å². The first-order valence-corrected chi connectivity index (χ1v) is 8.72. The van der Waals surface area contributed by atoms with E-state index in [1.165, 1.54) is 0 Å². The zero-order chi connectivity index (χ0) is 18.6. The van der Waals surface area contributed by atoms with Crippen molar-refractivity contribution in [2.45, 2.75) is 13.3 Å². The Balaban J connectivity index is 0.00000364. The van der Waals surface area contributed by atoms with Crippen LogP contribution in [0.4, 0.5) is 5.69 Å². The van der Waals surface area contributed by atoms with Gasteiger partial charge in [0.2, 0.25) is 0 Å². The lowest BCUT2D eigenvalue weighted by atomic mass is 10.3. The van der Waals surface area contributed by atoms with Gasteiger partial charge in [-0.3, -0.25) is 4.99 Å². The number of para-hydroxylation sites is 1. The van der Waals surface area contributed by atoms with Gasteiger partial charge in [-0.1, -0.05) is 18.2 Å². The Kier molecular flexibility index (Phi) is 11.1. The number of aliphatic imine (C=N–C) groups is 1. The van der Waals surface area contributed by atoms with E-state index in [4.69, 9.17) is 14.2 Å². The highest BCUT2D eigenvalue weighted by atomic mass is 127. The molecule has 0 aromatic heterocycles. The van der Waals surface area contributed by atoms with Crippen molar-refractivity contribution in [2.24, 2.45) is 4.99 Å². The first-order valence-electron chi connectivity index (χ1n) is 8.72. The van der Waals surface area contributed by atoms with Gasteiger partial charge in [0.25, 0.3) is 0 Å². The molecule has 0 unspecified atom stereocenters. The van der Waals surface area contributed by atoms with Crippen LogP contribution in [-0.2, 0) is 0 Å². The van der Waals surface area contributed by atoms with E-state index in [0.29, 0.717) is 24.7 Å². The summed E-state index contributed by atoms with van der Waals surface area (Å²) >= 11 is 0. The van der Waals surface area contributed by atoms with E-state index in [-0.39, 0.29) is 24.0 Å². The number of methoxy groups -OCH3 is 2. The molecule has 0 saturated carbocycles. The zero-order valence-electron chi connectivity index (χ0n) is 16.0. The van der Waals surface area contributed by atoms with Crippen LogP contribution in [0.5, 0.6) is 17.2 Å². The van der Waals surface area contributed by atoms with Crippen LogP contribution >= 0.6 is 24.0 Å². The van der Waals surface area contributed by atoms with Gasteiger partial charge in [-0.05, 0) is 31.2 Å². The summed E-state index contributed by atoms with van der Waals surface area (Å²) < 4.78 is 16.3. The van der Waals surface area contributed by atoms with Gasteiger partial charge in [0, 0.05) is 31.3 Å². The van der Waals surface area contributed by atoms with E-state index < -0.39 is 0 Å². The van der Waals surface area contributed by atoms with Crippen LogP contribution in [0.15, 0.2) is 53.5 Å². The highest BCUT2D eigenvalue weighted by Crippen LogP contribution is 2.29. The second-order valence-electron chi connectivity index (χ2n) is 5.47. The number of guanidine groups is 1.